The van der Waals surface area contributed by atoms with Crippen LogP contribution in [-0.2, 0) is 11.3 Å². The molecule has 0 aromatic heterocycles. The number of halogens is 1. The van der Waals surface area contributed by atoms with Gasteiger partial charge in [0.05, 0.1) is 17.1 Å². The zero-order valence-electron chi connectivity index (χ0n) is 18.4. The molecular weight excluding hydrogens is 435 g/mol. The minimum atomic E-state index is -0.303. The van der Waals surface area contributed by atoms with Crippen LogP contribution < -0.4 is 10.2 Å². The largest absolute Gasteiger partial charge is 0.352 e. The first kappa shape index (κ1) is 22.8. The van der Waals surface area contributed by atoms with Crippen molar-refractivity contribution in [1.82, 2.24) is 5.32 Å². The molecule has 0 radical (unpaired) electrons. The highest BCUT2D eigenvalue weighted by Crippen LogP contribution is 2.42. The number of anilines is 1. The van der Waals surface area contributed by atoms with Gasteiger partial charge in [-0.1, -0.05) is 61.5 Å². The summed E-state index contributed by atoms with van der Waals surface area (Å²) in [6.07, 6.45) is 3.82. The normalized spacial score (nSPS) is 14.3. The number of amides is 2. The Bertz CT molecular complexity index is 1170. The van der Waals surface area contributed by atoms with Crippen LogP contribution in [0.25, 0.3) is 6.08 Å². The summed E-state index contributed by atoms with van der Waals surface area (Å²) in [5.41, 5.74) is 3.13. The number of fused-ring (bicyclic) bond motifs is 1. The molecular formula is C27H25FN2O2S. The van der Waals surface area contributed by atoms with Crippen LogP contribution in [-0.4, -0.2) is 18.4 Å². The molecule has 0 bridgehead atoms. The van der Waals surface area contributed by atoms with E-state index in [1.807, 2.05) is 42.5 Å². The summed E-state index contributed by atoms with van der Waals surface area (Å²) in [4.78, 5) is 28.9. The van der Waals surface area contributed by atoms with Crippen molar-refractivity contribution in [2.75, 3.05) is 11.4 Å². The third-order valence-electron chi connectivity index (χ3n) is 5.37. The summed E-state index contributed by atoms with van der Waals surface area (Å²) >= 11 is 1.43. The Hall–Kier alpha value is -3.38. The zero-order chi connectivity index (χ0) is 23.2. The molecule has 33 heavy (non-hydrogen) atoms. The van der Waals surface area contributed by atoms with Gasteiger partial charge in [-0.2, -0.15) is 0 Å². The first-order chi connectivity index (χ1) is 16.0. The lowest BCUT2D eigenvalue weighted by atomic mass is 10.1. The minimum absolute atomic E-state index is 0.0924. The first-order valence-corrected chi connectivity index (χ1v) is 11.8. The second-order valence-electron chi connectivity index (χ2n) is 7.83. The summed E-state index contributed by atoms with van der Waals surface area (Å²) in [7, 11) is 0. The summed E-state index contributed by atoms with van der Waals surface area (Å²) in [6.45, 7) is 3.10. The highest BCUT2D eigenvalue weighted by molar-refractivity contribution is 8.04. The van der Waals surface area contributed by atoms with Gasteiger partial charge in [0.25, 0.3) is 11.8 Å². The van der Waals surface area contributed by atoms with Crippen LogP contribution in [0, 0.1) is 5.82 Å². The van der Waals surface area contributed by atoms with Crippen molar-refractivity contribution in [2.45, 2.75) is 31.2 Å². The van der Waals surface area contributed by atoms with Crippen molar-refractivity contribution in [3.63, 3.8) is 0 Å². The average Bonchev–Trinajstić information content (AvgIpc) is 2.83. The quantitative estimate of drug-likeness (QED) is 0.346. The molecule has 1 aliphatic rings. The van der Waals surface area contributed by atoms with Crippen LogP contribution >= 0.6 is 11.8 Å². The van der Waals surface area contributed by atoms with Gasteiger partial charge in [-0.15, -0.1) is 0 Å². The van der Waals surface area contributed by atoms with Gasteiger partial charge in [0.1, 0.15) is 5.82 Å². The smallest absolute Gasteiger partial charge is 0.265 e. The number of carbonyl (C=O) groups excluding carboxylic acids is 2. The van der Waals surface area contributed by atoms with Gasteiger partial charge in [-0.3, -0.25) is 9.59 Å². The molecule has 2 amide bonds. The summed E-state index contributed by atoms with van der Waals surface area (Å²) in [6, 6.07) is 21.2. The third kappa shape index (κ3) is 5.52. The second-order valence-corrected chi connectivity index (χ2v) is 8.91. The number of hydrogen-bond acceptors (Lipinski definition) is 3. The van der Waals surface area contributed by atoms with Crippen LogP contribution in [0.2, 0.25) is 0 Å². The van der Waals surface area contributed by atoms with Crippen molar-refractivity contribution in [3.05, 3.63) is 100 Å². The Morgan fingerprint density at radius 3 is 2.48 bits per heavy atom. The van der Waals surface area contributed by atoms with Crippen molar-refractivity contribution < 1.29 is 14.0 Å². The molecule has 4 rings (SSSR count). The minimum Gasteiger partial charge on any atom is -0.352 e. The van der Waals surface area contributed by atoms with Crippen molar-refractivity contribution in [1.29, 1.82) is 0 Å². The molecule has 1 N–H and O–H groups in total. The maximum atomic E-state index is 13.4. The van der Waals surface area contributed by atoms with Crippen LogP contribution in [0.5, 0.6) is 0 Å². The van der Waals surface area contributed by atoms with E-state index >= 15 is 0 Å². The highest BCUT2D eigenvalue weighted by Gasteiger charge is 2.29. The summed E-state index contributed by atoms with van der Waals surface area (Å²) in [5.74, 6) is -0.502. The summed E-state index contributed by atoms with van der Waals surface area (Å²) < 4.78 is 13.3. The Morgan fingerprint density at radius 2 is 1.76 bits per heavy atom. The number of para-hydroxylation sites is 1. The second kappa shape index (κ2) is 10.5. The van der Waals surface area contributed by atoms with E-state index in [-0.39, 0.29) is 17.6 Å². The van der Waals surface area contributed by atoms with E-state index in [0.29, 0.717) is 23.6 Å². The lowest BCUT2D eigenvalue weighted by Crippen LogP contribution is -2.33. The van der Waals surface area contributed by atoms with Gasteiger partial charge >= 0.3 is 0 Å². The number of carbonyl (C=O) groups is 2. The fourth-order valence-electron chi connectivity index (χ4n) is 3.55. The molecule has 0 unspecified atom stereocenters. The van der Waals surface area contributed by atoms with E-state index in [1.54, 1.807) is 29.2 Å². The molecule has 4 nitrogen and oxygen atoms in total. The molecule has 0 aliphatic carbocycles. The van der Waals surface area contributed by atoms with E-state index in [9.17, 15) is 14.0 Å². The molecule has 3 aromatic rings. The van der Waals surface area contributed by atoms with Crippen LogP contribution in [0.4, 0.5) is 10.1 Å². The van der Waals surface area contributed by atoms with E-state index < -0.39 is 0 Å². The molecule has 168 valence electrons. The summed E-state index contributed by atoms with van der Waals surface area (Å²) in [5, 5.41) is 2.91. The van der Waals surface area contributed by atoms with Gasteiger partial charge in [-0.05, 0) is 60.0 Å². The third-order valence-corrected chi connectivity index (χ3v) is 6.45. The van der Waals surface area contributed by atoms with Crippen LogP contribution in [0.15, 0.2) is 82.6 Å². The Balaban J connectivity index is 1.57. The predicted molar refractivity (Wildman–Crippen MR) is 132 cm³/mol. The number of benzene rings is 3. The van der Waals surface area contributed by atoms with Crippen molar-refractivity contribution >= 4 is 35.3 Å². The SMILES string of the molecule is CCCCNC(=O)c1ccc(C=C2Sc3ccccc3N(Cc3ccc(F)cc3)C2=O)cc1. The van der Waals surface area contributed by atoms with Crippen molar-refractivity contribution in [3.8, 4) is 0 Å². The fraction of sp³-hybridized carbons (Fsp3) is 0.185. The highest BCUT2D eigenvalue weighted by atomic mass is 32.2. The van der Waals surface area contributed by atoms with Crippen LogP contribution in [0.3, 0.4) is 0 Å². The molecule has 0 saturated carbocycles. The molecule has 0 spiro atoms. The van der Waals surface area contributed by atoms with Gasteiger partial charge in [0.15, 0.2) is 0 Å². The van der Waals surface area contributed by atoms with Gasteiger partial charge in [-0.25, -0.2) is 4.39 Å². The molecule has 0 atom stereocenters. The topological polar surface area (TPSA) is 49.4 Å². The Kier molecular flexibility index (Phi) is 7.25. The molecule has 0 saturated heterocycles. The number of unbranched alkanes of at least 4 members (excludes halogenated alkanes) is 1. The van der Waals surface area contributed by atoms with E-state index in [4.69, 9.17) is 0 Å². The average molecular weight is 461 g/mol. The van der Waals surface area contributed by atoms with E-state index in [2.05, 4.69) is 12.2 Å². The predicted octanol–water partition coefficient (Wildman–Crippen LogP) is 6.04. The molecule has 3 aromatic carbocycles. The Labute approximate surface area is 197 Å². The molecule has 1 heterocycles. The van der Waals surface area contributed by atoms with E-state index in [1.165, 1.54) is 23.9 Å². The van der Waals surface area contributed by atoms with Gasteiger partial charge < -0.3 is 10.2 Å². The van der Waals surface area contributed by atoms with Crippen molar-refractivity contribution in [2.24, 2.45) is 0 Å². The number of rotatable bonds is 7. The number of nitrogens with one attached hydrogen (secondary N) is 1. The Morgan fingerprint density at radius 1 is 1.03 bits per heavy atom. The van der Waals surface area contributed by atoms with Gasteiger partial charge in [0.2, 0.25) is 0 Å². The number of nitrogens with zero attached hydrogens (tertiary/aromatic N) is 1. The molecule has 1 aliphatic heterocycles. The van der Waals surface area contributed by atoms with E-state index in [0.717, 1.165) is 34.6 Å². The lowest BCUT2D eigenvalue weighted by Gasteiger charge is -2.30. The maximum absolute atomic E-state index is 13.4. The van der Waals surface area contributed by atoms with Gasteiger partial charge in [0, 0.05) is 17.0 Å². The standard InChI is InChI=1S/C27H25FN2O2S/c1-2-3-16-29-26(31)21-12-8-19(9-13-21)17-25-27(32)30(18-20-10-14-22(28)15-11-20)23-6-4-5-7-24(23)33-25/h4-15,17H,2-3,16,18H2,1H3,(H,29,31). The lowest BCUT2D eigenvalue weighted by molar-refractivity contribution is -0.114. The molecule has 0 fully saturated rings. The monoisotopic (exact) mass is 460 g/mol. The number of hydrogen-bond donors (Lipinski definition) is 1. The number of thioether (sulfide) groups is 1. The maximum Gasteiger partial charge on any atom is 0.265 e. The zero-order valence-corrected chi connectivity index (χ0v) is 19.2. The fourth-order valence-corrected chi connectivity index (χ4v) is 4.61. The van der Waals surface area contributed by atoms with Crippen LogP contribution in [0.1, 0.15) is 41.3 Å². The molecule has 6 heteroatoms. The first-order valence-electron chi connectivity index (χ1n) is 11.0.